The molecule has 1 atom stereocenters. The van der Waals surface area contributed by atoms with Crippen LogP contribution >= 0.6 is 11.3 Å². The lowest BCUT2D eigenvalue weighted by Gasteiger charge is -2.20. The highest BCUT2D eigenvalue weighted by atomic mass is 32.1. The monoisotopic (exact) mass is 304 g/mol. The molecule has 21 heavy (non-hydrogen) atoms. The molecule has 0 saturated heterocycles. The van der Waals surface area contributed by atoms with Crippen molar-refractivity contribution in [2.45, 2.75) is 20.0 Å². The highest BCUT2D eigenvalue weighted by molar-refractivity contribution is 7.13. The van der Waals surface area contributed by atoms with Crippen molar-refractivity contribution in [3.05, 3.63) is 41.4 Å². The lowest BCUT2D eigenvalue weighted by Crippen LogP contribution is -2.37. The Balaban J connectivity index is 2.07. The van der Waals surface area contributed by atoms with E-state index in [9.17, 15) is 9.59 Å². The van der Waals surface area contributed by atoms with Crippen molar-refractivity contribution < 1.29 is 14.3 Å². The first-order valence-corrected chi connectivity index (χ1v) is 7.31. The zero-order chi connectivity index (χ0) is 15.4. The van der Waals surface area contributed by atoms with Crippen LogP contribution in [-0.4, -0.2) is 29.8 Å². The summed E-state index contributed by atoms with van der Waals surface area (Å²) in [7, 11) is 1.66. The maximum Gasteiger partial charge on any atom is 0.269 e. The van der Waals surface area contributed by atoms with Gasteiger partial charge < -0.3 is 4.74 Å². The van der Waals surface area contributed by atoms with Crippen LogP contribution in [0.5, 0.6) is 5.75 Å². The second kappa shape index (κ2) is 6.49. The van der Waals surface area contributed by atoms with Gasteiger partial charge in [0.15, 0.2) is 17.0 Å². The lowest BCUT2D eigenvalue weighted by molar-refractivity contribution is -0.124. The molecular weight excluding hydrogens is 288 g/mol. The molecule has 1 amide bonds. The van der Waals surface area contributed by atoms with Crippen molar-refractivity contribution in [3.63, 3.8) is 0 Å². The maximum atomic E-state index is 12.3. The largest absolute Gasteiger partial charge is 0.481 e. The molecule has 2 rings (SSSR count). The smallest absolute Gasteiger partial charge is 0.269 e. The lowest BCUT2D eigenvalue weighted by atomic mass is 10.1. The van der Waals surface area contributed by atoms with Gasteiger partial charge in [0.1, 0.15) is 5.75 Å². The topological polar surface area (TPSA) is 59.5 Å². The van der Waals surface area contributed by atoms with E-state index in [0.29, 0.717) is 16.4 Å². The Morgan fingerprint density at radius 2 is 2.14 bits per heavy atom. The van der Waals surface area contributed by atoms with Gasteiger partial charge in [-0.05, 0) is 26.0 Å². The molecule has 0 aliphatic carbocycles. The van der Waals surface area contributed by atoms with E-state index in [1.807, 2.05) is 0 Å². The first-order chi connectivity index (χ1) is 9.99. The number of ketones is 1. The SMILES string of the molecule is CC(=O)c1cccc(O[C@@H](C)C(=O)N(C)c2nccs2)c1. The molecule has 1 heterocycles. The first-order valence-electron chi connectivity index (χ1n) is 6.43. The number of hydrogen-bond donors (Lipinski definition) is 0. The summed E-state index contributed by atoms with van der Waals surface area (Å²) in [5, 5.41) is 2.42. The van der Waals surface area contributed by atoms with Gasteiger partial charge in [0.05, 0.1) is 0 Å². The van der Waals surface area contributed by atoms with E-state index in [1.165, 1.54) is 23.2 Å². The predicted octanol–water partition coefficient (Wildman–Crippen LogP) is 2.78. The van der Waals surface area contributed by atoms with Crippen molar-refractivity contribution in [2.24, 2.45) is 0 Å². The highest BCUT2D eigenvalue weighted by Gasteiger charge is 2.21. The summed E-state index contributed by atoms with van der Waals surface area (Å²) in [6.45, 7) is 3.16. The number of thiazole rings is 1. The Morgan fingerprint density at radius 3 is 2.76 bits per heavy atom. The molecule has 0 aliphatic rings. The number of carbonyl (C=O) groups excluding carboxylic acids is 2. The third-order valence-corrected chi connectivity index (χ3v) is 3.79. The number of hydrogen-bond acceptors (Lipinski definition) is 5. The number of Topliss-reactive ketones (excluding diaryl/α,β-unsaturated/α-hetero) is 1. The molecule has 2 aromatic rings. The van der Waals surface area contributed by atoms with Gasteiger partial charge in [0.25, 0.3) is 5.91 Å². The average molecular weight is 304 g/mol. The molecule has 0 radical (unpaired) electrons. The zero-order valence-electron chi connectivity index (χ0n) is 12.1. The van der Waals surface area contributed by atoms with Crippen LogP contribution < -0.4 is 9.64 Å². The Bertz CT molecular complexity index is 640. The second-order valence-electron chi connectivity index (χ2n) is 4.56. The summed E-state index contributed by atoms with van der Waals surface area (Å²) in [5.41, 5.74) is 0.556. The molecule has 0 aliphatic heterocycles. The minimum Gasteiger partial charge on any atom is -0.481 e. The van der Waals surface area contributed by atoms with Crippen molar-refractivity contribution in [1.82, 2.24) is 4.98 Å². The summed E-state index contributed by atoms with van der Waals surface area (Å²) in [5.74, 6) is 0.258. The minimum atomic E-state index is -0.666. The van der Waals surface area contributed by atoms with Gasteiger partial charge >= 0.3 is 0 Å². The van der Waals surface area contributed by atoms with Crippen LogP contribution in [-0.2, 0) is 4.79 Å². The maximum absolute atomic E-state index is 12.3. The van der Waals surface area contributed by atoms with E-state index in [2.05, 4.69) is 4.98 Å². The molecule has 0 N–H and O–H groups in total. The number of anilines is 1. The van der Waals surface area contributed by atoms with Crippen LogP contribution in [0.15, 0.2) is 35.8 Å². The van der Waals surface area contributed by atoms with Gasteiger partial charge in [-0.3, -0.25) is 14.5 Å². The van der Waals surface area contributed by atoms with Gasteiger partial charge in [-0.1, -0.05) is 12.1 Å². The van der Waals surface area contributed by atoms with Crippen molar-refractivity contribution >= 4 is 28.2 Å². The summed E-state index contributed by atoms with van der Waals surface area (Å²) >= 11 is 1.38. The van der Waals surface area contributed by atoms with Gasteiger partial charge in [-0.2, -0.15) is 0 Å². The molecule has 0 spiro atoms. The van der Waals surface area contributed by atoms with Gasteiger partial charge in [0, 0.05) is 24.2 Å². The van der Waals surface area contributed by atoms with Crippen LogP contribution in [0.3, 0.4) is 0 Å². The number of rotatable bonds is 5. The number of amides is 1. The summed E-state index contributed by atoms with van der Waals surface area (Å²) < 4.78 is 5.62. The Kier molecular flexibility index (Phi) is 4.70. The standard InChI is InChI=1S/C15H16N2O3S/c1-10(18)12-5-4-6-13(9-12)20-11(2)14(19)17(3)15-16-7-8-21-15/h4-9,11H,1-3H3/t11-/m0/s1. The van der Waals surface area contributed by atoms with Crippen molar-refractivity contribution in [2.75, 3.05) is 11.9 Å². The number of nitrogens with zero attached hydrogens (tertiary/aromatic N) is 2. The van der Waals surface area contributed by atoms with Crippen LogP contribution in [0, 0.1) is 0 Å². The minimum absolute atomic E-state index is 0.0423. The Morgan fingerprint density at radius 1 is 1.38 bits per heavy atom. The quantitative estimate of drug-likeness (QED) is 0.797. The Hall–Kier alpha value is -2.21. The van der Waals surface area contributed by atoms with Crippen LogP contribution in [0.25, 0.3) is 0 Å². The van der Waals surface area contributed by atoms with E-state index in [1.54, 1.807) is 49.8 Å². The van der Waals surface area contributed by atoms with E-state index in [0.717, 1.165) is 0 Å². The molecule has 1 aromatic carbocycles. The molecule has 0 bridgehead atoms. The van der Waals surface area contributed by atoms with E-state index >= 15 is 0 Å². The van der Waals surface area contributed by atoms with Crippen molar-refractivity contribution in [3.8, 4) is 5.75 Å². The molecule has 0 saturated carbocycles. The summed E-state index contributed by atoms with van der Waals surface area (Å²) in [4.78, 5) is 29.2. The third-order valence-electron chi connectivity index (χ3n) is 2.94. The molecule has 110 valence electrons. The summed E-state index contributed by atoms with van der Waals surface area (Å²) in [6.07, 6.45) is 0.979. The molecule has 5 nitrogen and oxygen atoms in total. The third kappa shape index (κ3) is 3.66. The van der Waals surface area contributed by atoms with Crippen LogP contribution in [0.4, 0.5) is 5.13 Å². The van der Waals surface area contributed by atoms with Gasteiger partial charge in [-0.25, -0.2) is 4.98 Å². The number of likely N-dealkylation sites (N-methyl/N-ethyl adjacent to an activating group) is 1. The Labute approximate surface area is 127 Å². The van der Waals surface area contributed by atoms with E-state index in [4.69, 9.17) is 4.74 Å². The van der Waals surface area contributed by atoms with Gasteiger partial charge in [-0.15, -0.1) is 11.3 Å². The zero-order valence-corrected chi connectivity index (χ0v) is 12.9. The van der Waals surface area contributed by atoms with Crippen LogP contribution in [0.1, 0.15) is 24.2 Å². The average Bonchev–Trinajstić information content (AvgIpc) is 3.00. The number of benzene rings is 1. The fourth-order valence-corrected chi connectivity index (χ4v) is 2.40. The summed E-state index contributed by atoms with van der Waals surface area (Å²) in [6, 6.07) is 6.80. The molecule has 0 unspecified atom stereocenters. The fourth-order valence-electron chi connectivity index (χ4n) is 1.79. The molecular formula is C15H16N2O3S. The molecule has 1 aromatic heterocycles. The van der Waals surface area contributed by atoms with Gasteiger partial charge in [0.2, 0.25) is 0 Å². The van der Waals surface area contributed by atoms with E-state index in [-0.39, 0.29) is 11.7 Å². The highest BCUT2D eigenvalue weighted by Crippen LogP contribution is 2.19. The number of aromatic nitrogens is 1. The van der Waals surface area contributed by atoms with Crippen molar-refractivity contribution in [1.29, 1.82) is 0 Å². The number of ether oxygens (including phenoxy) is 1. The first kappa shape index (κ1) is 15.2. The predicted molar refractivity (Wildman–Crippen MR) is 82.1 cm³/mol. The fraction of sp³-hybridized carbons (Fsp3) is 0.267. The molecule has 0 fully saturated rings. The van der Waals surface area contributed by atoms with Crippen LogP contribution in [0.2, 0.25) is 0 Å². The second-order valence-corrected chi connectivity index (χ2v) is 5.43. The van der Waals surface area contributed by atoms with E-state index < -0.39 is 6.10 Å². The number of carbonyl (C=O) groups is 2. The molecule has 6 heteroatoms. The normalized spacial score (nSPS) is 11.8.